The average Bonchev–Trinajstić information content (AvgIpc) is 2.75. The van der Waals surface area contributed by atoms with E-state index in [1.807, 2.05) is 48.5 Å². The standard InChI is InChI=1S/C16H9BrClNO/c17-11-4-1-3-10-9(11)7-8-14-15(10)16-12(18)5-2-6-13(16)19(14)20/h1-8,19H. The van der Waals surface area contributed by atoms with Crippen molar-refractivity contribution in [2.24, 2.45) is 0 Å². The summed E-state index contributed by atoms with van der Waals surface area (Å²) < 4.78 is 1.02. The molecule has 3 aromatic rings. The molecule has 0 aliphatic carbocycles. The summed E-state index contributed by atoms with van der Waals surface area (Å²) in [6, 6.07) is 15.4. The van der Waals surface area contributed by atoms with Crippen LogP contribution in [0.1, 0.15) is 0 Å². The summed E-state index contributed by atoms with van der Waals surface area (Å²) >= 11 is 9.90. The topological polar surface area (TPSA) is 27.5 Å². The van der Waals surface area contributed by atoms with Crippen LogP contribution >= 0.6 is 27.5 Å². The zero-order valence-electron chi connectivity index (χ0n) is 10.3. The van der Waals surface area contributed by atoms with Crippen LogP contribution in [0.3, 0.4) is 0 Å². The number of halogens is 2. The van der Waals surface area contributed by atoms with Crippen molar-refractivity contribution < 1.29 is 5.06 Å². The molecule has 4 heteroatoms. The van der Waals surface area contributed by atoms with E-state index in [0.717, 1.165) is 32.1 Å². The minimum absolute atomic E-state index is 0.0550. The number of fused-ring (bicyclic) bond motifs is 5. The number of nitrogens with one attached hydrogen (secondary N) is 1. The fourth-order valence-electron chi connectivity index (χ4n) is 2.89. The van der Waals surface area contributed by atoms with Crippen molar-refractivity contribution in [3.05, 3.63) is 63.2 Å². The van der Waals surface area contributed by atoms with Gasteiger partial charge in [0.25, 0.3) is 0 Å². The first-order chi connectivity index (χ1) is 9.68. The van der Waals surface area contributed by atoms with E-state index in [0.29, 0.717) is 10.7 Å². The molecular weight excluding hydrogens is 338 g/mol. The summed E-state index contributed by atoms with van der Waals surface area (Å²) in [5, 5.41) is 15.3. The molecule has 1 aliphatic rings. The minimum atomic E-state index is 0.0550. The lowest BCUT2D eigenvalue weighted by molar-refractivity contribution is -0.694. The quantitative estimate of drug-likeness (QED) is 0.593. The van der Waals surface area contributed by atoms with Crippen molar-refractivity contribution in [3.63, 3.8) is 0 Å². The van der Waals surface area contributed by atoms with E-state index in [9.17, 15) is 5.21 Å². The number of hydrogen-bond acceptors (Lipinski definition) is 1. The van der Waals surface area contributed by atoms with Crippen LogP contribution in [0.5, 0.6) is 0 Å². The summed E-state index contributed by atoms with van der Waals surface area (Å²) in [4.78, 5) is 0. The maximum absolute atomic E-state index is 12.5. The van der Waals surface area contributed by atoms with Crippen LogP contribution in [0.15, 0.2) is 53.0 Å². The van der Waals surface area contributed by atoms with Crippen LogP contribution in [-0.4, -0.2) is 0 Å². The van der Waals surface area contributed by atoms with Crippen LogP contribution in [0, 0.1) is 5.21 Å². The number of benzene rings is 3. The van der Waals surface area contributed by atoms with E-state index in [2.05, 4.69) is 15.9 Å². The third-order valence-electron chi connectivity index (χ3n) is 3.76. The van der Waals surface area contributed by atoms with Crippen molar-refractivity contribution in [2.75, 3.05) is 0 Å². The van der Waals surface area contributed by atoms with Gasteiger partial charge >= 0.3 is 0 Å². The van der Waals surface area contributed by atoms with Crippen molar-refractivity contribution in [1.82, 2.24) is 0 Å². The van der Waals surface area contributed by atoms with Gasteiger partial charge in [0.15, 0.2) is 0 Å². The lowest BCUT2D eigenvalue weighted by atomic mass is 9.98. The predicted octanol–water partition coefficient (Wildman–Crippen LogP) is 4.58. The van der Waals surface area contributed by atoms with Crippen LogP contribution in [0.2, 0.25) is 5.02 Å². The Balaban J connectivity index is 2.21. The second kappa shape index (κ2) is 4.30. The molecule has 1 N–H and O–H groups in total. The molecule has 0 aromatic heterocycles. The van der Waals surface area contributed by atoms with E-state index in [-0.39, 0.29) is 5.06 Å². The highest BCUT2D eigenvalue weighted by molar-refractivity contribution is 9.10. The molecule has 1 heterocycles. The molecule has 98 valence electrons. The molecule has 0 saturated heterocycles. The molecule has 0 saturated carbocycles. The van der Waals surface area contributed by atoms with E-state index in [1.54, 1.807) is 0 Å². The van der Waals surface area contributed by atoms with Crippen LogP contribution < -0.4 is 5.06 Å². The lowest BCUT2D eigenvalue weighted by Crippen LogP contribution is -2.95. The van der Waals surface area contributed by atoms with E-state index < -0.39 is 0 Å². The Morgan fingerprint density at radius 3 is 2.45 bits per heavy atom. The van der Waals surface area contributed by atoms with Gasteiger partial charge in [0.1, 0.15) is 11.4 Å². The Kier molecular flexibility index (Phi) is 2.66. The van der Waals surface area contributed by atoms with Gasteiger partial charge in [-0.15, -0.1) is 0 Å². The van der Waals surface area contributed by atoms with Crippen molar-refractivity contribution in [1.29, 1.82) is 0 Å². The number of rotatable bonds is 0. The van der Waals surface area contributed by atoms with Gasteiger partial charge in [-0.3, -0.25) is 0 Å². The molecule has 2 nitrogen and oxygen atoms in total. The average molecular weight is 347 g/mol. The summed E-state index contributed by atoms with van der Waals surface area (Å²) in [6.07, 6.45) is 0. The van der Waals surface area contributed by atoms with Gasteiger partial charge in [0.2, 0.25) is 0 Å². The molecule has 0 spiro atoms. The van der Waals surface area contributed by atoms with Gasteiger partial charge in [-0.05, 0) is 29.0 Å². The largest absolute Gasteiger partial charge is 0.623 e. The fraction of sp³-hybridized carbons (Fsp3) is 0. The van der Waals surface area contributed by atoms with E-state index in [4.69, 9.17) is 11.6 Å². The predicted molar refractivity (Wildman–Crippen MR) is 85.7 cm³/mol. The highest BCUT2D eigenvalue weighted by atomic mass is 79.9. The maximum atomic E-state index is 12.5. The molecule has 1 atom stereocenters. The first-order valence-electron chi connectivity index (χ1n) is 6.23. The van der Waals surface area contributed by atoms with Gasteiger partial charge in [-0.1, -0.05) is 45.7 Å². The molecule has 0 radical (unpaired) electrons. The van der Waals surface area contributed by atoms with Crippen LogP contribution in [0.4, 0.5) is 11.4 Å². The van der Waals surface area contributed by atoms with Gasteiger partial charge in [-0.2, -0.15) is 0 Å². The summed E-state index contributed by atoms with van der Waals surface area (Å²) in [6.45, 7) is 0. The van der Waals surface area contributed by atoms with Crippen LogP contribution in [0.25, 0.3) is 21.9 Å². The van der Waals surface area contributed by atoms with Gasteiger partial charge < -0.3 is 10.3 Å². The molecule has 20 heavy (non-hydrogen) atoms. The summed E-state index contributed by atoms with van der Waals surface area (Å²) in [7, 11) is 0. The third-order valence-corrected chi connectivity index (χ3v) is 4.77. The van der Waals surface area contributed by atoms with Crippen molar-refractivity contribution in [3.8, 4) is 11.1 Å². The SMILES string of the molecule is [O-][NH+]1c2cccc(Cl)c2-c2c1ccc1c(Br)cccc21. The fourth-order valence-corrected chi connectivity index (χ4v) is 3.66. The normalized spacial score (nSPS) is 16.2. The highest BCUT2D eigenvalue weighted by Crippen LogP contribution is 2.46. The monoisotopic (exact) mass is 345 g/mol. The zero-order valence-corrected chi connectivity index (χ0v) is 12.6. The molecule has 1 unspecified atom stereocenters. The Labute approximate surface area is 129 Å². The molecule has 0 fully saturated rings. The van der Waals surface area contributed by atoms with Crippen molar-refractivity contribution in [2.45, 2.75) is 0 Å². The van der Waals surface area contributed by atoms with Gasteiger partial charge in [0, 0.05) is 16.6 Å². The Hall–Kier alpha value is -1.39. The number of hydrogen-bond donors (Lipinski definition) is 1. The van der Waals surface area contributed by atoms with Gasteiger partial charge in [0.05, 0.1) is 16.1 Å². The Bertz CT molecular complexity index is 862. The van der Waals surface area contributed by atoms with E-state index >= 15 is 0 Å². The molecular formula is C16H9BrClNO. The summed E-state index contributed by atoms with van der Waals surface area (Å²) in [5.74, 6) is 0. The molecule has 4 rings (SSSR count). The zero-order chi connectivity index (χ0) is 13.9. The molecule has 0 bridgehead atoms. The van der Waals surface area contributed by atoms with Crippen molar-refractivity contribution >= 4 is 49.7 Å². The highest BCUT2D eigenvalue weighted by Gasteiger charge is 2.30. The Morgan fingerprint density at radius 1 is 0.850 bits per heavy atom. The molecule has 1 aliphatic heterocycles. The van der Waals surface area contributed by atoms with E-state index in [1.165, 1.54) is 0 Å². The minimum Gasteiger partial charge on any atom is -0.623 e. The van der Waals surface area contributed by atoms with Gasteiger partial charge in [-0.25, -0.2) is 0 Å². The Morgan fingerprint density at radius 2 is 1.60 bits per heavy atom. The first kappa shape index (κ1) is 12.4. The van der Waals surface area contributed by atoms with Crippen LogP contribution in [-0.2, 0) is 0 Å². The third kappa shape index (κ3) is 1.52. The number of quaternary nitrogens is 1. The smallest absolute Gasteiger partial charge is 0.145 e. The molecule has 3 aromatic carbocycles. The second-order valence-corrected chi connectivity index (χ2v) is 6.08. The lowest BCUT2D eigenvalue weighted by Gasteiger charge is -2.16. The second-order valence-electron chi connectivity index (χ2n) is 4.81. The first-order valence-corrected chi connectivity index (χ1v) is 7.40. The molecule has 0 amide bonds. The summed E-state index contributed by atoms with van der Waals surface area (Å²) in [5.41, 5.74) is 3.24. The maximum Gasteiger partial charge on any atom is 0.145 e.